The molecule has 1 rings (SSSR count). The van der Waals surface area contributed by atoms with E-state index in [-0.39, 0.29) is 6.10 Å². The average molecular weight is 238 g/mol. The number of anilines is 2. The molecule has 0 spiro atoms. The fraction of sp³-hybridized carbons (Fsp3) is 0.667. The third kappa shape index (κ3) is 4.99. The lowest BCUT2D eigenvalue weighted by Crippen LogP contribution is -2.20. The maximum atomic E-state index is 5.45. The molecule has 0 saturated heterocycles. The SMILES string of the molecule is CCNc1nc(C)cc(NCC(C)OCC)n1. The smallest absolute Gasteiger partial charge is 0.224 e. The van der Waals surface area contributed by atoms with Crippen LogP contribution in [-0.4, -0.2) is 35.8 Å². The van der Waals surface area contributed by atoms with E-state index in [1.54, 1.807) is 0 Å². The first kappa shape index (κ1) is 13.7. The van der Waals surface area contributed by atoms with Crippen LogP contribution in [0.15, 0.2) is 6.07 Å². The van der Waals surface area contributed by atoms with Gasteiger partial charge < -0.3 is 15.4 Å². The molecule has 0 aliphatic rings. The molecule has 1 aromatic heterocycles. The maximum Gasteiger partial charge on any atom is 0.224 e. The van der Waals surface area contributed by atoms with Gasteiger partial charge in [-0.2, -0.15) is 4.98 Å². The zero-order chi connectivity index (χ0) is 12.7. The van der Waals surface area contributed by atoms with Crippen molar-refractivity contribution in [2.75, 3.05) is 30.3 Å². The fourth-order valence-corrected chi connectivity index (χ4v) is 1.49. The Morgan fingerprint density at radius 3 is 2.71 bits per heavy atom. The van der Waals surface area contributed by atoms with Crippen LogP contribution in [0.3, 0.4) is 0 Å². The number of rotatable bonds is 7. The van der Waals surface area contributed by atoms with E-state index < -0.39 is 0 Å². The standard InChI is InChI=1S/C12H22N4O/c1-5-13-12-15-9(3)7-11(16-12)14-8-10(4)17-6-2/h7,10H,5-6,8H2,1-4H3,(H2,13,14,15,16). The lowest BCUT2D eigenvalue weighted by Gasteiger charge is -2.14. The molecule has 0 bridgehead atoms. The van der Waals surface area contributed by atoms with E-state index in [4.69, 9.17) is 4.74 Å². The van der Waals surface area contributed by atoms with E-state index in [9.17, 15) is 0 Å². The molecule has 0 aromatic carbocycles. The summed E-state index contributed by atoms with van der Waals surface area (Å²) in [5.74, 6) is 1.50. The Morgan fingerprint density at radius 2 is 2.06 bits per heavy atom. The molecule has 96 valence electrons. The number of aryl methyl sites for hydroxylation is 1. The van der Waals surface area contributed by atoms with Gasteiger partial charge in [0, 0.05) is 31.5 Å². The Bertz CT molecular complexity index is 343. The van der Waals surface area contributed by atoms with Crippen molar-refractivity contribution in [1.82, 2.24) is 9.97 Å². The lowest BCUT2D eigenvalue weighted by atomic mass is 10.3. The monoisotopic (exact) mass is 238 g/mol. The summed E-state index contributed by atoms with van der Waals surface area (Å²) in [4.78, 5) is 8.66. The molecule has 0 amide bonds. The summed E-state index contributed by atoms with van der Waals surface area (Å²) in [6.45, 7) is 10.3. The molecular weight excluding hydrogens is 216 g/mol. The van der Waals surface area contributed by atoms with Gasteiger partial charge in [0.15, 0.2) is 0 Å². The third-order valence-electron chi connectivity index (χ3n) is 2.21. The van der Waals surface area contributed by atoms with Gasteiger partial charge in [0.05, 0.1) is 6.10 Å². The molecule has 5 nitrogen and oxygen atoms in total. The summed E-state index contributed by atoms with van der Waals surface area (Å²) < 4.78 is 5.45. The number of ether oxygens (including phenoxy) is 1. The largest absolute Gasteiger partial charge is 0.377 e. The van der Waals surface area contributed by atoms with E-state index in [0.29, 0.717) is 5.95 Å². The van der Waals surface area contributed by atoms with Crippen LogP contribution in [0.1, 0.15) is 26.5 Å². The highest BCUT2D eigenvalue weighted by Crippen LogP contribution is 2.09. The minimum Gasteiger partial charge on any atom is -0.377 e. The van der Waals surface area contributed by atoms with Crippen molar-refractivity contribution >= 4 is 11.8 Å². The van der Waals surface area contributed by atoms with Crippen molar-refractivity contribution in [3.8, 4) is 0 Å². The molecule has 1 atom stereocenters. The molecule has 1 heterocycles. The van der Waals surface area contributed by atoms with Gasteiger partial charge in [0.1, 0.15) is 5.82 Å². The average Bonchev–Trinajstić information content (AvgIpc) is 2.26. The molecular formula is C12H22N4O. The van der Waals surface area contributed by atoms with Gasteiger partial charge in [-0.15, -0.1) is 0 Å². The van der Waals surface area contributed by atoms with Crippen molar-refractivity contribution < 1.29 is 4.74 Å². The van der Waals surface area contributed by atoms with E-state index in [1.165, 1.54) is 0 Å². The number of aromatic nitrogens is 2. The molecule has 1 unspecified atom stereocenters. The molecule has 0 saturated carbocycles. The Labute approximate surface area is 103 Å². The van der Waals surface area contributed by atoms with E-state index >= 15 is 0 Å². The van der Waals surface area contributed by atoms with E-state index in [1.807, 2.05) is 33.8 Å². The van der Waals surface area contributed by atoms with Gasteiger partial charge in [-0.25, -0.2) is 4.98 Å². The molecule has 1 aromatic rings. The lowest BCUT2D eigenvalue weighted by molar-refractivity contribution is 0.0855. The van der Waals surface area contributed by atoms with Gasteiger partial charge in [-0.3, -0.25) is 0 Å². The third-order valence-corrected chi connectivity index (χ3v) is 2.21. The van der Waals surface area contributed by atoms with Gasteiger partial charge in [0.25, 0.3) is 0 Å². The van der Waals surface area contributed by atoms with Crippen LogP contribution < -0.4 is 10.6 Å². The number of nitrogens with zero attached hydrogens (tertiary/aromatic N) is 2. The van der Waals surface area contributed by atoms with E-state index in [0.717, 1.165) is 31.2 Å². The zero-order valence-corrected chi connectivity index (χ0v) is 11.1. The summed E-state index contributed by atoms with van der Waals surface area (Å²) >= 11 is 0. The molecule has 17 heavy (non-hydrogen) atoms. The summed E-state index contributed by atoms with van der Waals surface area (Å²) in [5.41, 5.74) is 0.947. The van der Waals surface area contributed by atoms with E-state index in [2.05, 4.69) is 20.6 Å². The molecule has 0 aliphatic heterocycles. The predicted octanol–water partition coefficient (Wildman–Crippen LogP) is 2.05. The minimum absolute atomic E-state index is 0.179. The van der Waals surface area contributed by atoms with Crippen LogP contribution in [0.4, 0.5) is 11.8 Å². The molecule has 5 heteroatoms. The Balaban J connectivity index is 2.57. The van der Waals surface area contributed by atoms with Crippen LogP contribution >= 0.6 is 0 Å². The summed E-state index contributed by atoms with van der Waals surface area (Å²) in [5, 5.41) is 6.36. The van der Waals surface area contributed by atoms with Crippen molar-refractivity contribution in [3.63, 3.8) is 0 Å². The van der Waals surface area contributed by atoms with Crippen molar-refractivity contribution in [2.24, 2.45) is 0 Å². The van der Waals surface area contributed by atoms with Gasteiger partial charge in [-0.05, 0) is 27.7 Å². The number of hydrogen-bond acceptors (Lipinski definition) is 5. The quantitative estimate of drug-likeness (QED) is 0.761. The number of hydrogen-bond donors (Lipinski definition) is 2. The van der Waals surface area contributed by atoms with Crippen LogP contribution in [0.25, 0.3) is 0 Å². The van der Waals surface area contributed by atoms with Crippen molar-refractivity contribution in [1.29, 1.82) is 0 Å². The first-order chi connectivity index (χ1) is 8.15. The van der Waals surface area contributed by atoms with Gasteiger partial charge >= 0.3 is 0 Å². The topological polar surface area (TPSA) is 59.1 Å². The zero-order valence-electron chi connectivity index (χ0n) is 11.1. The van der Waals surface area contributed by atoms with Crippen LogP contribution in [0.2, 0.25) is 0 Å². The second kappa shape index (κ2) is 7.06. The Hall–Kier alpha value is -1.36. The predicted molar refractivity (Wildman–Crippen MR) is 70.5 cm³/mol. The maximum absolute atomic E-state index is 5.45. The van der Waals surface area contributed by atoms with Crippen molar-refractivity contribution in [2.45, 2.75) is 33.8 Å². The summed E-state index contributed by atoms with van der Waals surface area (Å²) in [6, 6.07) is 1.93. The van der Waals surface area contributed by atoms with Gasteiger partial charge in [-0.1, -0.05) is 0 Å². The highest BCUT2D eigenvalue weighted by atomic mass is 16.5. The van der Waals surface area contributed by atoms with Crippen LogP contribution in [-0.2, 0) is 4.74 Å². The summed E-state index contributed by atoms with van der Waals surface area (Å²) in [6.07, 6.45) is 0.179. The second-order valence-electron chi connectivity index (χ2n) is 3.90. The second-order valence-corrected chi connectivity index (χ2v) is 3.90. The minimum atomic E-state index is 0.179. The number of nitrogens with one attached hydrogen (secondary N) is 2. The molecule has 0 aliphatic carbocycles. The first-order valence-electron chi connectivity index (χ1n) is 6.10. The normalized spacial score (nSPS) is 12.2. The highest BCUT2D eigenvalue weighted by molar-refractivity contribution is 5.42. The molecule has 0 radical (unpaired) electrons. The fourth-order valence-electron chi connectivity index (χ4n) is 1.49. The molecule has 0 fully saturated rings. The van der Waals surface area contributed by atoms with Crippen LogP contribution in [0, 0.1) is 6.92 Å². The van der Waals surface area contributed by atoms with Crippen molar-refractivity contribution in [3.05, 3.63) is 11.8 Å². The Kier molecular flexibility index (Phi) is 5.69. The summed E-state index contributed by atoms with van der Waals surface area (Å²) in [7, 11) is 0. The Morgan fingerprint density at radius 1 is 1.29 bits per heavy atom. The molecule has 2 N–H and O–H groups in total. The van der Waals surface area contributed by atoms with Gasteiger partial charge in [0.2, 0.25) is 5.95 Å². The van der Waals surface area contributed by atoms with Crippen LogP contribution in [0.5, 0.6) is 0 Å². The highest BCUT2D eigenvalue weighted by Gasteiger charge is 2.04. The first-order valence-corrected chi connectivity index (χ1v) is 6.10.